The molecule has 2 aromatic rings. The molecule has 9 heteroatoms. The molecule has 1 fully saturated rings. The summed E-state index contributed by atoms with van der Waals surface area (Å²) in [6.45, 7) is -0.0386. The maximum absolute atomic E-state index is 13.2. The highest BCUT2D eigenvalue weighted by Crippen LogP contribution is 2.39. The van der Waals surface area contributed by atoms with Gasteiger partial charge in [0.15, 0.2) is 5.82 Å². The Labute approximate surface area is 135 Å². The fraction of sp³-hybridized carbons (Fsp3) is 0.467. The van der Waals surface area contributed by atoms with Crippen molar-refractivity contribution in [1.29, 1.82) is 0 Å². The SMILES string of the molecule is O=C(NCc1nc(C2CCC(F)(F)CC2)no1)c1ccc[nH]c1=O. The number of aromatic amines is 1. The topological polar surface area (TPSA) is 101 Å². The molecule has 0 spiro atoms. The number of alkyl halides is 2. The lowest BCUT2D eigenvalue weighted by Crippen LogP contribution is -2.29. The zero-order chi connectivity index (χ0) is 17.2. The summed E-state index contributed by atoms with van der Waals surface area (Å²) in [4.78, 5) is 30.0. The number of halogens is 2. The van der Waals surface area contributed by atoms with Crippen molar-refractivity contribution in [3.05, 3.63) is 46.0 Å². The van der Waals surface area contributed by atoms with Crippen molar-refractivity contribution in [2.75, 3.05) is 0 Å². The highest BCUT2D eigenvalue weighted by Gasteiger charge is 2.36. The van der Waals surface area contributed by atoms with E-state index in [1.807, 2.05) is 0 Å². The minimum Gasteiger partial charge on any atom is -0.343 e. The predicted molar refractivity (Wildman–Crippen MR) is 78.7 cm³/mol. The fourth-order valence-corrected chi connectivity index (χ4v) is 2.66. The fourth-order valence-electron chi connectivity index (χ4n) is 2.66. The molecule has 0 atom stereocenters. The Morgan fingerprint density at radius 3 is 2.88 bits per heavy atom. The Balaban J connectivity index is 1.58. The van der Waals surface area contributed by atoms with Gasteiger partial charge in [0, 0.05) is 25.0 Å². The summed E-state index contributed by atoms with van der Waals surface area (Å²) in [7, 11) is 0. The maximum Gasteiger partial charge on any atom is 0.260 e. The average Bonchev–Trinajstić information content (AvgIpc) is 3.02. The first-order chi connectivity index (χ1) is 11.4. The van der Waals surface area contributed by atoms with Gasteiger partial charge in [0.05, 0.1) is 6.54 Å². The molecule has 2 aromatic heterocycles. The summed E-state index contributed by atoms with van der Waals surface area (Å²) < 4.78 is 31.4. The molecule has 1 aliphatic carbocycles. The number of nitrogens with zero attached hydrogens (tertiary/aromatic N) is 2. The molecule has 0 aliphatic heterocycles. The van der Waals surface area contributed by atoms with Crippen molar-refractivity contribution in [3.8, 4) is 0 Å². The molecule has 7 nitrogen and oxygen atoms in total. The minimum absolute atomic E-state index is 0.0215. The number of amides is 1. The van der Waals surface area contributed by atoms with Gasteiger partial charge in [-0.2, -0.15) is 4.98 Å². The van der Waals surface area contributed by atoms with E-state index in [4.69, 9.17) is 4.52 Å². The number of carbonyl (C=O) groups excluding carboxylic acids is 1. The molecule has 2 heterocycles. The largest absolute Gasteiger partial charge is 0.343 e. The molecule has 128 valence electrons. The van der Waals surface area contributed by atoms with Gasteiger partial charge >= 0.3 is 0 Å². The van der Waals surface area contributed by atoms with Crippen molar-refractivity contribution in [1.82, 2.24) is 20.4 Å². The van der Waals surface area contributed by atoms with Gasteiger partial charge in [-0.25, -0.2) is 8.78 Å². The van der Waals surface area contributed by atoms with Gasteiger partial charge in [-0.1, -0.05) is 5.16 Å². The zero-order valence-corrected chi connectivity index (χ0v) is 12.7. The van der Waals surface area contributed by atoms with Crippen LogP contribution in [0.5, 0.6) is 0 Å². The molecule has 1 saturated carbocycles. The second-order valence-electron chi connectivity index (χ2n) is 5.77. The Hall–Kier alpha value is -2.58. The third-order valence-electron chi connectivity index (χ3n) is 4.03. The van der Waals surface area contributed by atoms with E-state index in [1.165, 1.54) is 12.3 Å². The van der Waals surface area contributed by atoms with Crippen molar-refractivity contribution in [3.63, 3.8) is 0 Å². The van der Waals surface area contributed by atoms with Crippen molar-refractivity contribution < 1.29 is 18.1 Å². The van der Waals surface area contributed by atoms with Gasteiger partial charge in [-0.3, -0.25) is 9.59 Å². The molecule has 0 unspecified atom stereocenters. The molecule has 0 saturated heterocycles. The molecule has 24 heavy (non-hydrogen) atoms. The Bertz CT molecular complexity index is 777. The second-order valence-corrected chi connectivity index (χ2v) is 5.77. The number of H-pyrrole nitrogens is 1. The summed E-state index contributed by atoms with van der Waals surface area (Å²) in [5.41, 5.74) is -0.517. The smallest absolute Gasteiger partial charge is 0.260 e. The third-order valence-corrected chi connectivity index (χ3v) is 4.03. The van der Waals surface area contributed by atoms with Gasteiger partial charge in [-0.05, 0) is 25.0 Å². The van der Waals surface area contributed by atoms with E-state index >= 15 is 0 Å². The zero-order valence-electron chi connectivity index (χ0n) is 12.7. The monoisotopic (exact) mass is 338 g/mol. The highest BCUT2D eigenvalue weighted by molar-refractivity contribution is 5.93. The Morgan fingerprint density at radius 1 is 1.42 bits per heavy atom. The van der Waals surface area contributed by atoms with Crippen molar-refractivity contribution >= 4 is 5.91 Å². The van der Waals surface area contributed by atoms with Crippen LogP contribution >= 0.6 is 0 Å². The molecule has 1 aliphatic rings. The van der Waals surface area contributed by atoms with Gasteiger partial charge in [0.2, 0.25) is 11.8 Å². The summed E-state index contributed by atoms with van der Waals surface area (Å²) >= 11 is 0. The van der Waals surface area contributed by atoms with E-state index in [0.29, 0.717) is 18.7 Å². The first-order valence-electron chi connectivity index (χ1n) is 7.61. The number of pyridine rings is 1. The van der Waals surface area contributed by atoms with Crippen LogP contribution in [-0.2, 0) is 6.54 Å². The molecule has 0 bridgehead atoms. The van der Waals surface area contributed by atoms with Crippen LogP contribution in [0.2, 0.25) is 0 Å². The molecule has 0 aromatic carbocycles. The number of aromatic nitrogens is 3. The van der Waals surface area contributed by atoms with Crippen LogP contribution < -0.4 is 10.9 Å². The summed E-state index contributed by atoms with van der Waals surface area (Å²) in [6.07, 6.45) is 1.66. The van der Waals surface area contributed by atoms with E-state index < -0.39 is 17.4 Å². The Kier molecular flexibility index (Phi) is 4.41. The van der Waals surface area contributed by atoms with Gasteiger partial charge < -0.3 is 14.8 Å². The van der Waals surface area contributed by atoms with E-state index in [0.717, 1.165) is 0 Å². The van der Waals surface area contributed by atoms with Crippen LogP contribution in [0.3, 0.4) is 0 Å². The van der Waals surface area contributed by atoms with E-state index in [-0.39, 0.29) is 36.8 Å². The average molecular weight is 338 g/mol. The molecule has 0 radical (unpaired) electrons. The predicted octanol–water partition coefficient (Wildman–Crippen LogP) is 1.98. The quantitative estimate of drug-likeness (QED) is 0.888. The molecule has 3 rings (SSSR count). The van der Waals surface area contributed by atoms with Crippen LogP contribution in [-0.4, -0.2) is 27.0 Å². The van der Waals surface area contributed by atoms with Crippen molar-refractivity contribution in [2.24, 2.45) is 0 Å². The van der Waals surface area contributed by atoms with Gasteiger partial charge in [-0.15, -0.1) is 0 Å². The lowest BCUT2D eigenvalue weighted by Gasteiger charge is -2.26. The Morgan fingerprint density at radius 2 is 2.17 bits per heavy atom. The van der Waals surface area contributed by atoms with Crippen molar-refractivity contribution in [2.45, 2.75) is 44.1 Å². The number of carbonyl (C=O) groups is 1. The van der Waals surface area contributed by atoms with Crippen LogP contribution in [0, 0.1) is 0 Å². The molecule has 2 N–H and O–H groups in total. The maximum atomic E-state index is 13.2. The number of rotatable bonds is 4. The van der Waals surface area contributed by atoms with Crippen LogP contribution in [0.4, 0.5) is 8.78 Å². The van der Waals surface area contributed by atoms with Crippen LogP contribution in [0.15, 0.2) is 27.6 Å². The van der Waals surface area contributed by atoms with E-state index in [9.17, 15) is 18.4 Å². The van der Waals surface area contributed by atoms with Crippen LogP contribution in [0.25, 0.3) is 0 Å². The standard InChI is InChI=1S/C15H16F2N4O3/c16-15(17)5-3-9(4-6-15)12-20-11(24-21-12)8-19-14(23)10-2-1-7-18-13(10)22/h1-2,7,9H,3-6,8H2,(H,18,22)(H,19,23). The lowest BCUT2D eigenvalue weighted by molar-refractivity contribution is -0.0389. The number of hydrogen-bond donors (Lipinski definition) is 2. The third kappa shape index (κ3) is 3.66. The molecule has 1 amide bonds. The number of nitrogens with one attached hydrogen (secondary N) is 2. The van der Waals surface area contributed by atoms with Gasteiger partial charge in [0.1, 0.15) is 5.56 Å². The molecular formula is C15H16F2N4O3. The summed E-state index contributed by atoms with van der Waals surface area (Å²) in [5.74, 6) is -2.78. The van der Waals surface area contributed by atoms with Gasteiger partial charge in [0.25, 0.3) is 11.5 Å². The first-order valence-corrected chi connectivity index (χ1v) is 7.61. The lowest BCUT2D eigenvalue weighted by atomic mass is 9.86. The van der Waals surface area contributed by atoms with E-state index in [1.54, 1.807) is 6.07 Å². The summed E-state index contributed by atoms with van der Waals surface area (Å²) in [5, 5.41) is 6.32. The number of hydrogen-bond acceptors (Lipinski definition) is 5. The normalized spacial score (nSPS) is 17.6. The molecular weight excluding hydrogens is 322 g/mol. The van der Waals surface area contributed by atoms with E-state index in [2.05, 4.69) is 20.4 Å². The summed E-state index contributed by atoms with van der Waals surface area (Å²) in [6, 6.07) is 2.94. The van der Waals surface area contributed by atoms with Crippen LogP contribution in [0.1, 0.15) is 53.7 Å². The second kappa shape index (κ2) is 6.50. The first kappa shape index (κ1) is 16.3. The minimum atomic E-state index is -2.61. The highest BCUT2D eigenvalue weighted by atomic mass is 19.3.